The lowest BCUT2D eigenvalue weighted by molar-refractivity contribution is 0.268. The number of hydrogen-bond acceptors (Lipinski definition) is 4. The van der Waals surface area contributed by atoms with Crippen molar-refractivity contribution in [1.29, 1.82) is 0 Å². The van der Waals surface area contributed by atoms with Crippen LogP contribution < -0.4 is 0 Å². The highest BCUT2D eigenvalue weighted by Gasteiger charge is 2.41. The lowest BCUT2D eigenvalue weighted by Crippen LogP contribution is -2.22. The maximum absolute atomic E-state index is 12.0. The van der Waals surface area contributed by atoms with Crippen LogP contribution in [-0.4, -0.2) is 29.5 Å². The zero-order valence-electron chi connectivity index (χ0n) is 17.8. The van der Waals surface area contributed by atoms with Gasteiger partial charge in [0.05, 0.1) is 6.61 Å². The molecule has 0 aromatic carbocycles. The zero-order valence-corrected chi connectivity index (χ0v) is 19.6. The van der Waals surface area contributed by atoms with Gasteiger partial charge in [0.1, 0.15) is 0 Å². The van der Waals surface area contributed by atoms with Crippen molar-refractivity contribution in [2.45, 2.75) is 84.6 Å². The molecule has 8 heteroatoms. The van der Waals surface area contributed by atoms with E-state index in [2.05, 4.69) is 37.4 Å². The van der Waals surface area contributed by atoms with E-state index < -0.39 is 22.7 Å². The predicted molar refractivity (Wildman–Crippen MR) is 116 cm³/mol. The Morgan fingerprint density at radius 1 is 1.07 bits per heavy atom. The lowest BCUT2D eigenvalue weighted by Gasteiger charge is -2.19. The van der Waals surface area contributed by atoms with Crippen LogP contribution in [0.25, 0.3) is 0 Å². The predicted octanol–water partition coefficient (Wildman–Crippen LogP) is 6.01. The molecule has 2 N–H and O–H groups in total. The van der Waals surface area contributed by atoms with E-state index in [9.17, 15) is 22.4 Å². The van der Waals surface area contributed by atoms with Gasteiger partial charge >= 0.3 is 7.60 Å². The van der Waals surface area contributed by atoms with E-state index in [0.717, 1.165) is 25.7 Å². The van der Waals surface area contributed by atoms with Crippen LogP contribution in [0.4, 0.5) is 0 Å². The molecule has 0 saturated carbocycles. The third-order valence-electron chi connectivity index (χ3n) is 4.29. The first-order valence-electron chi connectivity index (χ1n) is 9.78. The van der Waals surface area contributed by atoms with Gasteiger partial charge in [-0.3, -0.25) is 9.12 Å². The molecule has 0 bridgehead atoms. The van der Waals surface area contributed by atoms with E-state index in [-0.39, 0.29) is 13.0 Å². The second-order valence-corrected chi connectivity index (χ2v) is 11.3. The second kappa shape index (κ2) is 13.5. The highest BCUT2D eigenvalue weighted by Crippen LogP contribution is 2.51. The molecule has 0 aliphatic rings. The molecule has 2 atom stereocenters. The molecule has 6 nitrogen and oxygen atoms in total. The van der Waals surface area contributed by atoms with Gasteiger partial charge in [-0.1, -0.05) is 34.9 Å². The summed E-state index contributed by atoms with van der Waals surface area (Å²) in [4.78, 5) is 7.96. The number of unbranched alkanes of at least 4 members (excludes halogenated alkanes) is 1. The quantitative estimate of drug-likeness (QED) is 0.149. The summed E-state index contributed by atoms with van der Waals surface area (Å²) in [6.45, 7) is 9.75. The Morgan fingerprint density at radius 2 is 1.61 bits per heavy atom. The first-order valence-corrected chi connectivity index (χ1v) is 12.9. The first-order chi connectivity index (χ1) is 12.9. The van der Waals surface area contributed by atoms with E-state index in [0.29, 0.717) is 12.8 Å². The minimum Gasteiger partial charge on any atom is -0.323 e. The summed E-state index contributed by atoms with van der Waals surface area (Å²) in [6, 6.07) is 0. The summed E-state index contributed by atoms with van der Waals surface area (Å²) in [7, 11) is -9.06. The van der Waals surface area contributed by atoms with Crippen LogP contribution in [0.5, 0.6) is 0 Å². The molecule has 0 rings (SSSR count). The average Bonchev–Trinajstić information content (AvgIpc) is 2.52. The van der Waals surface area contributed by atoms with Gasteiger partial charge in [-0.2, -0.15) is 8.42 Å². The third-order valence-corrected chi connectivity index (χ3v) is 8.43. The minimum absolute atomic E-state index is 0.0971. The van der Waals surface area contributed by atoms with E-state index in [4.69, 9.17) is 0 Å². The van der Waals surface area contributed by atoms with Crippen LogP contribution in [0.2, 0.25) is 0 Å². The van der Waals surface area contributed by atoms with Gasteiger partial charge in [-0.05, 0) is 79.6 Å². The topological polar surface area (TPSA) is 101 Å². The molecule has 0 aromatic heterocycles. The number of rotatable bonds is 14. The van der Waals surface area contributed by atoms with E-state index in [1.807, 2.05) is 13.0 Å². The Morgan fingerprint density at radius 3 is 2.11 bits per heavy atom. The van der Waals surface area contributed by atoms with Crippen LogP contribution in [-0.2, 0) is 19.2 Å². The standard InChI is InChI=1S/C20H37O6PS/c1-6-26-27(21,22)20(28(23,24)25)16-8-7-12-18(4)14-10-15-19(5)13-9-11-17(2)3/h11-12,15,20H,6-10,13-14,16H2,1-5H3,(H,21,22)(H,23,24,25)/b18-12+,19-15+/i8+2. The SMILES string of the molecule is CCOP(=O)(O)C(C[14CH2]C/C=C(\C)CC/C=C(\C)CCC=C(C)C)S(=O)(=O)O. The Labute approximate surface area is 171 Å². The maximum Gasteiger partial charge on any atom is 0.348 e. The fourth-order valence-electron chi connectivity index (χ4n) is 2.73. The average molecular weight is 439 g/mol. The number of hydrogen-bond donors (Lipinski definition) is 2. The van der Waals surface area contributed by atoms with Crippen molar-refractivity contribution < 1.29 is 27.0 Å². The zero-order chi connectivity index (χ0) is 21.8. The smallest absolute Gasteiger partial charge is 0.323 e. The molecule has 0 saturated heterocycles. The van der Waals surface area contributed by atoms with E-state index >= 15 is 0 Å². The Kier molecular flexibility index (Phi) is 13.1. The van der Waals surface area contributed by atoms with Crippen molar-refractivity contribution in [2.75, 3.05) is 6.61 Å². The fourth-order valence-corrected chi connectivity index (χ4v) is 5.77. The molecule has 0 amide bonds. The first kappa shape index (κ1) is 27.3. The summed E-state index contributed by atoms with van der Waals surface area (Å²) in [6.07, 6.45) is 11.3. The van der Waals surface area contributed by atoms with Crippen LogP contribution in [0.1, 0.15) is 79.6 Å². The molecule has 0 aliphatic heterocycles. The van der Waals surface area contributed by atoms with Gasteiger partial charge in [0.2, 0.25) is 0 Å². The molecular weight excluding hydrogens is 401 g/mol. The van der Waals surface area contributed by atoms with Gasteiger partial charge in [0.15, 0.2) is 4.99 Å². The van der Waals surface area contributed by atoms with Crippen LogP contribution in [0.15, 0.2) is 34.9 Å². The Balaban J connectivity index is 4.46. The van der Waals surface area contributed by atoms with Crippen molar-refractivity contribution in [3.05, 3.63) is 34.9 Å². The van der Waals surface area contributed by atoms with Crippen LogP contribution in [0, 0.1) is 0 Å². The Bertz CT molecular complexity index is 702. The second-order valence-electron chi connectivity index (χ2n) is 7.34. The fraction of sp³-hybridized carbons (Fsp3) is 0.700. The third kappa shape index (κ3) is 12.7. The molecular formula is C20H37O6PS. The van der Waals surface area contributed by atoms with Crippen molar-refractivity contribution in [1.82, 2.24) is 0 Å². The normalized spacial score (nSPS) is 16.5. The summed E-state index contributed by atoms with van der Waals surface area (Å²) in [5.74, 6) is 0. The largest absolute Gasteiger partial charge is 0.348 e. The van der Waals surface area contributed by atoms with Gasteiger partial charge in [0, 0.05) is 0 Å². The van der Waals surface area contributed by atoms with Crippen molar-refractivity contribution >= 4 is 17.7 Å². The van der Waals surface area contributed by atoms with Crippen molar-refractivity contribution in [3.8, 4) is 0 Å². The highest BCUT2D eigenvalue weighted by atomic mass is 32.2. The molecule has 2 unspecified atom stereocenters. The molecule has 0 aromatic rings. The molecule has 0 radical (unpaired) electrons. The summed E-state index contributed by atoms with van der Waals surface area (Å²) in [5, 5.41) is 0. The van der Waals surface area contributed by atoms with Crippen molar-refractivity contribution in [3.63, 3.8) is 0 Å². The molecule has 0 spiro atoms. The molecule has 0 heterocycles. The number of allylic oxidation sites excluding steroid dienone is 6. The van der Waals surface area contributed by atoms with Gasteiger partial charge in [-0.15, -0.1) is 0 Å². The highest BCUT2D eigenvalue weighted by molar-refractivity contribution is 7.93. The molecule has 0 aliphatic carbocycles. The molecule has 0 fully saturated rings. The maximum atomic E-state index is 12.0. The lowest BCUT2D eigenvalue weighted by atomic mass is 10.1. The van der Waals surface area contributed by atoms with Gasteiger partial charge < -0.3 is 9.42 Å². The minimum atomic E-state index is -4.65. The molecule has 164 valence electrons. The summed E-state index contributed by atoms with van der Waals surface area (Å²) in [5.41, 5.74) is 3.89. The summed E-state index contributed by atoms with van der Waals surface area (Å²) >= 11 is 0. The van der Waals surface area contributed by atoms with Crippen LogP contribution in [0.3, 0.4) is 0 Å². The summed E-state index contributed by atoms with van der Waals surface area (Å²) < 4.78 is 48.7. The van der Waals surface area contributed by atoms with Gasteiger partial charge in [-0.25, -0.2) is 0 Å². The van der Waals surface area contributed by atoms with E-state index in [1.165, 1.54) is 23.6 Å². The van der Waals surface area contributed by atoms with Crippen molar-refractivity contribution in [2.24, 2.45) is 0 Å². The van der Waals surface area contributed by atoms with Gasteiger partial charge in [0.25, 0.3) is 10.1 Å². The monoisotopic (exact) mass is 438 g/mol. The van der Waals surface area contributed by atoms with E-state index in [1.54, 1.807) is 0 Å². The Hall–Kier alpha value is -0.720. The van der Waals surface area contributed by atoms with Crippen LogP contribution >= 0.6 is 7.60 Å². The molecule has 28 heavy (non-hydrogen) atoms.